The molecular formula is C20H16FN3O3. The molecular weight excluding hydrogens is 349 g/mol. The zero-order chi connectivity index (χ0) is 19.1. The van der Waals surface area contributed by atoms with E-state index in [1.807, 2.05) is 37.5 Å². The molecule has 0 aliphatic carbocycles. The van der Waals surface area contributed by atoms with E-state index in [0.717, 1.165) is 17.0 Å². The van der Waals surface area contributed by atoms with Crippen LogP contribution in [0.3, 0.4) is 0 Å². The summed E-state index contributed by atoms with van der Waals surface area (Å²) >= 11 is 0. The van der Waals surface area contributed by atoms with Gasteiger partial charge < -0.3 is 9.26 Å². The molecule has 6 nitrogen and oxygen atoms in total. The average Bonchev–Trinajstić information content (AvgIpc) is 3.28. The number of cyclic esters (lactones) is 1. The summed E-state index contributed by atoms with van der Waals surface area (Å²) in [6, 6.07) is 9.77. The number of benzene rings is 1. The number of aliphatic imine (C=N–C) groups is 1. The van der Waals surface area contributed by atoms with Gasteiger partial charge in [0.05, 0.1) is 5.56 Å². The van der Waals surface area contributed by atoms with Gasteiger partial charge in [0, 0.05) is 17.5 Å². The third-order valence-electron chi connectivity index (χ3n) is 4.33. The Balaban J connectivity index is 1.74. The molecule has 1 aliphatic heterocycles. The van der Waals surface area contributed by atoms with Gasteiger partial charge >= 0.3 is 5.97 Å². The molecule has 0 radical (unpaired) electrons. The number of hydrogen-bond acceptors (Lipinski definition) is 5. The largest absolute Gasteiger partial charge is 0.402 e. The van der Waals surface area contributed by atoms with Crippen LogP contribution in [0, 0.1) is 26.6 Å². The molecule has 7 heteroatoms. The molecule has 0 fully saturated rings. The summed E-state index contributed by atoms with van der Waals surface area (Å²) < 4.78 is 26.1. The lowest BCUT2D eigenvalue weighted by Gasteiger charge is -2.03. The van der Waals surface area contributed by atoms with Crippen LogP contribution in [-0.2, 0) is 9.53 Å². The summed E-state index contributed by atoms with van der Waals surface area (Å²) in [5.41, 5.74) is 2.86. The molecule has 3 aromatic rings. The fourth-order valence-electron chi connectivity index (χ4n) is 3.05. The van der Waals surface area contributed by atoms with Crippen LogP contribution in [0.25, 0.3) is 11.9 Å². The Morgan fingerprint density at radius 3 is 2.63 bits per heavy atom. The van der Waals surface area contributed by atoms with Crippen molar-refractivity contribution in [2.24, 2.45) is 4.99 Å². The summed E-state index contributed by atoms with van der Waals surface area (Å²) in [5.74, 6) is 0.220. The first-order valence-electron chi connectivity index (χ1n) is 8.34. The Hall–Kier alpha value is -3.48. The second kappa shape index (κ2) is 6.35. The fourth-order valence-corrected chi connectivity index (χ4v) is 3.05. The van der Waals surface area contributed by atoms with E-state index in [1.54, 1.807) is 18.2 Å². The molecule has 0 saturated heterocycles. The van der Waals surface area contributed by atoms with E-state index in [9.17, 15) is 9.18 Å². The molecule has 3 heterocycles. The predicted octanol–water partition coefficient (Wildman–Crippen LogP) is 3.87. The SMILES string of the molecule is Cc1cc(-n2c(C)cc(/C=C3\N=C(c4ccccc4F)OC3=O)c2C)no1. The van der Waals surface area contributed by atoms with Crippen molar-refractivity contribution in [2.75, 3.05) is 0 Å². The molecule has 0 saturated carbocycles. The van der Waals surface area contributed by atoms with Gasteiger partial charge in [0.1, 0.15) is 11.6 Å². The molecule has 0 bridgehead atoms. The number of aromatic nitrogens is 2. The minimum atomic E-state index is -0.615. The Morgan fingerprint density at radius 1 is 1.15 bits per heavy atom. The minimum Gasteiger partial charge on any atom is -0.402 e. The molecule has 0 unspecified atom stereocenters. The topological polar surface area (TPSA) is 69.6 Å². The Labute approximate surface area is 154 Å². The van der Waals surface area contributed by atoms with E-state index in [-0.39, 0.29) is 17.2 Å². The number of halogens is 1. The van der Waals surface area contributed by atoms with E-state index in [4.69, 9.17) is 9.26 Å². The standard InChI is InChI=1S/C20H16FN3O3/c1-11-8-14(13(3)24(11)18-9-12(2)27-23-18)10-17-20(25)26-19(22-17)15-6-4-5-7-16(15)21/h4-10H,1-3H3/b17-10-. The van der Waals surface area contributed by atoms with E-state index in [2.05, 4.69) is 10.1 Å². The number of carbonyl (C=O) groups excluding carboxylic acids is 1. The normalized spacial score (nSPS) is 15.3. The number of ether oxygens (including phenoxy) is 1. The zero-order valence-electron chi connectivity index (χ0n) is 15.0. The lowest BCUT2D eigenvalue weighted by atomic mass is 10.2. The second-order valence-corrected chi connectivity index (χ2v) is 6.27. The van der Waals surface area contributed by atoms with Crippen LogP contribution in [0.4, 0.5) is 4.39 Å². The van der Waals surface area contributed by atoms with Gasteiger partial charge in [-0.05, 0) is 50.6 Å². The van der Waals surface area contributed by atoms with Crippen LogP contribution in [0.5, 0.6) is 0 Å². The van der Waals surface area contributed by atoms with Crippen molar-refractivity contribution in [1.29, 1.82) is 0 Å². The number of nitrogens with zero attached hydrogens (tertiary/aromatic N) is 3. The molecule has 4 rings (SSSR count). The van der Waals surface area contributed by atoms with Gasteiger partial charge in [0.25, 0.3) is 0 Å². The van der Waals surface area contributed by atoms with Gasteiger partial charge in [-0.25, -0.2) is 14.2 Å². The van der Waals surface area contributed by atoms with Crippen LogP contribution in [0.1, 0.15) is 28.3 Å². The molecule has 0 atom stereocenters. The molecule has 0 N–H and O–H groups in total. The highest BCUT2D eigenvalue weighted by Crippen LogP contribution is 2.25. The molecule has 2 aromatic heterocycles. The molecule has 27 heavy (non-hydrogen) atoms. The molecule has 1 aliphatic rings. The minimum absolute atomic E-state index is 0.0368. The van der Waals surface area contributed by atoms with Crippen LogP contribution in [0.15, 0.2) is 51.6 Å². The number of carbonyl (C=O) groups is 1. The summed E-state index contributed by atoms with van der Waals surface area (Å²) in [6.45, 7) is 5.66. The monoisotopic (exact) mass is 365 g/mol. The Bertz CT molecular complexity index is 1120. The third kappa shape index (κ3) is 2.97. The quantitative estimate of drug-likeness (QED) is 0.522. The van der Waals surface area contributed by atoms with Crippen molar-refractivity contribution in [3.8, 4) is 5.82 Å². The maximum atomic E-state index is 13.9. The Morgan fingerprint density at radius 2 is 1.93 bits per heavy atom. The fraction of sp³-hybridized carbons (Fsp3) is 0.150. The van der Waals surface area contributed by atoms with Gasteiger partial charge in [-0.3, -0.25) is 4.57 Å². The Kier molecular flexibility index (Phi) is 3.99. The van der Waals surface area contributed by atoms with Crippen molar-refractivity contribution in [1.82, 2.24) is 9.72 Å². The number of hydrogen-bond donors (Lipinski definition) is 0. The van der Waals surface area contributed by atoms with Crippen LogP contribution >= 0.6 is 0 Å². The molecule has 0 spiro atoms. The molecule has 136 valence electrons. The van der Waals surface area contributed by atoms with Crippen molar-refractivity contribution in [3.05, 3.63) is 76.2 Å². The van der Waals surface area contributed by atoms with Gasteiger partial charge in [0.2, 0.25) is 5.90 Å². The summed E-state index contributed by atoms with van der Waals surface area (Å²) in [5, 5.41) is 4.04. The van der Waals surface area contributed by atoms with Gasteiger partial charge in [-0.1, -0.05) is 17.3 Å². The highest BCUT2D eigenvalue weighted by molar-refractivity contribution is 6.13. The van der Waals surface area contributed by atoms with Crippen molar-refractivity contribution >= 4 is 17.9 Å². The number of rotatable bonds is 3. The predicted molar refractivity (Wildman–Crippen MR) is 97.0 cm³/mol. The third-order valence-corrected chi connectivity index (χ3v) is 4.33. The van der Waals surface area contributed by atoms with Crippen molar-refractivity contribution in [2.45, 2.75) is 20.8 Å². The first kappa shape index (κ1) is 17.0. The first-order valence-corrected chi connectivity index (χ1v) is 8.34. The van der Waals surface area contributed by atoms with E-state index >= 15 is 0 Å². The average molecular weight is 365 g/mol. The maximum absolute atomic E-state index is 13.9. The first-order chi connectivity index (χ1) is 12.9. The molecule has 0 amide bonds. The van der Waals surface area contributed by atoms with Crippen LogP contribution < -0.4 is 0 Å². The van der Waals surface area contributed by atoms with E-state index in [1.165, 1.54) is 12.1 Å². The molecule has 1 aromatic carbocycles. The lowest BCUT2D eigenvalue weighted by Crippen LogP contribution is -2.07. The second-order valence-electron chi connectivity index (χ2n) is 6.27. The van der Waals surface area contributed by atoms with Gasteiger partial charge in [-0.15, -0.1) is 0 Å². The smallest absolute Gasteiger partial charge is 0.363 e. The highest BCUT2D eigenvalue weighted by Gasteiger charge is 2.26. The summed E-state index contributed by atoms with van der Waals surface area (Å²) in [7, 11) is 0. The van der Waals surface area contributed by atoms with Crippen LogP contribution in [0.2, 0.25) is 0 Å². The summed E-state index contributed by atoms with van der Waals surface area (Å²) in [6.07, 6.45) is 1.63. The van der Waals surface area contributed by atoms with Gasteiger partial charge in [0.15, 0.2) is 11.5 Å². The van der Waals surface area contributed by atoms with Crippen molar-refractivity contribution in [3.63, 3.8) is 0 Å². The van der Waals surface area contributed by atoms with E-state index in [0.29, 0.717) is 11.6 Å². The zero-order valence-corrected chi connectivity index (χ0v) is 15.0. The summed E-state index contributed by atoms with van der Waals surface area (Å²) in [4.78, 5) is 16.4. The lowest BCUT2D eigenvalue weighted by molar-refractivity contribution is -0.129. The van der Waals surface area contributed by atoms with Gasteiger partial charge in [-0.2, -0.15) is 0 Å². The van der Waals surface area contributed by atoms with E-state index < -0.39 is 11.8 Å². The maximum Gasteiger partial charge on any atom is 0.363 e. The van der Waals surface area contributed by atoms with Crippen LogP contribution in [-0.4, -0.2) is 21.6 Å². The van der Waals surface area contributed by atoms with Crippen molar-refractivity contribution < 1.29 is 18.4 Å². The number of esters is 1. The number of aryl methyl sites for hydroxylation is 2. The highest BCUT2D eigenvalue weighted by atomic mass is 19.1.